The first-order valence-corrected chi connectivity index (χ1v) is 10.3. The van der Waals surface area contributed by atoms with E-state index < -0.39 is 0 Å². The molecule has 0 aromatic heterocycles. The van der Waals surface area contributed by atoms with Gasteiger partial charge in [-0.25, -0.2) is 0 Å². The highest BCUT2D eigenvalue weighted by molar-refractivity contribution is 5.97. The van der Waals surface area contributed by atoms with Crippen molar-refractivity contribution in [1.29, 1.82) is 5.26 Å². The predicted octanol–water partition coefficient (Wildman–Crippen LogP) is 3.19. The second-order valence-corrected chi connectivity index (χ2v) is 7.63. The van der Waals surface area contributed by atoms with Gasteiger partial charge in [0.1, 0.15) is 11.6 Å². The van der Waals surface area contributed by atoms with E-state index in [1.165, 1.54) is 11.1 Å². The maximum Gasteiger partial charge on any atom is 0.266 e. The molecule has 5 heteroatoms. The van der Waals surface area contributed by atoms with Gasteiger partial charge >= 0.3 is 0 Å². The van der Waals surface area contributed by atoms with Crippen LogP contribution < -0.4 is 4.90 Å². The Morgan fingerprint density at radius 1 is 0.966 bits per heavy atom. The van der Waals surface area contributed by atoms with Gasteiger partial charge < -0.3 is 9.80 Å². The molecule has 2 aliphatic heterocycles. The molecule has 4 rings (SSSR count). The molecule has 0 atom stereocenters. The summed E-state index contributed by atoms with van der Waals surface area (Å²) in [6.07, 6.45) is 3.81. The van der Waals surface area contributed by atoms with Gasteiger partial charge in [-0.05, 0) is 30.0 Å². The Kier molecular flexibility index (Phi) is 5.92. The van der Waals surface area contributed by atoms with Crippen molar-refractivity contribution in [3.8, 4) is 6.07 Å². The molecule has 2 aromatic carbocycles. The zero-order chi connectivity index (χ0) is 20.1. The van der Waals surface area contributed by atoms with Gasteiger partial charge in [-0.3, -0.25) is 9.69 Å². The van der Waals surface area contributed by atoms with Crippen LogP contribution in [0, 0.1) is 11.3 Å². The summed E-state index contributed by atoms with van der Waals surface area (Å²) >= 11 is 0. The summed E-state index contributed by atoms with van der Waals surface area (Å²) in [7, 11) is 0. The van der Waals surface area contributed by atoms with Crippen LogP contribution in [0.1, 0.15) is 17.5 Å². The molecule has 0 radical (unpaired) electrons. The van der Waals surface area contributed by atoms with Crippen LogP contribution >= 0.6 is 0 Å². The average Bonchev–Trinajstić information content (AvgIpc) is 2.78. The summed E-state index contributed by atoms with van der Waals surface area (Å²) < 4.78 is 0. The van der Waals surface area contributed by atoms with Crippen molar-refractivity contribution in [3.05, 3.63) is 77.5 Å². The molecule has 2 aromatic rings. The van der Waals surface area contributed by atoms with E-state index in [0.29, 0.717) is 13.1 Å². The third kappa shape index (κ3) is 4.49. The van der Waals surface area contributed by atoms with Crippen molar-refractivity contribution in [2.75, 3.05) is 37.6 Å². The molecule has 0 aliphatic carbocycles. The molecule has 2 aliphatic rings. The minimum atomic E-state index is -0.157. The summed E-state index contributed by atoms with van der Waals surface area (Å²) in [5.74, 6) is -0.157. The second kappa shape index (κ2) is 8.93. The molecule has 1 amide bonds. The highest BCUT2D eigenvalue weighted by Crippen LogP contribution is 2.27. The molecule has 29 heavy (non-hydrogen) atoms. The number of hydrogen-bond donors (Lipinski definition) is 0. The normalized spacial score (nSPS) is 17.6. The Labute approximate surface area is 172 Å². The van der Waals surface area contributed by atoms with Gasteiger partial charge in [0, 0.05) is 51.2 Å². The number of piperazine rings is 1. The fraction of sp³-hybridized carbons (Fsp3) is 0.333. The third-order valence-electron chi connectivity index (χ3n) is 5.69. The van der Waals surface area contributed by atoms with Gasteiger partial charge in [0.25, 0.3) is 5.91 Å². The van der Waals surface area contributed by atoms with Crippen LogP contribution in [0.4, 0.5) is 5.69 Å². The smallest absolute Gasteiger partial charge is 0.266 e. The summed E-state index contributed by atoms with van der Waals surface area (Å²) in [4.78, 5) is 19.2. The van der Waals surface area contributed by atoms with E-state index in [9.17, 15) is 10.1 Å². The maximum absolute atomic E-state index is 13.0. The number of fused-ring (bicyclic) bond motifs is 1. The largest absolute Gasteiger partial charge is 0.346 e. The van der Waals surface area contributed by atoms with E-state index in [2.05, 4.69) is 52.3 Å². The lowest BCUT2D eigenvalue weighted by atomic mass is 10.0. The molecule has 0 unspecified atom stereocenters. The molecule has 148 valence electrons. The topological polar surface area (TPSA) is 50.6 Å². The van der Waals surface area contributed by atoms with Gasteiger partial charge in [0.15, 0.2) is 0 Å². The molecule has 0 N–H and O–H groups in total. The summed E-state index contributed by atoms with van der Waals surface area (Å²) in [5.41, 5.74) is 3.88. The number of anilines is 1. The van der Waals surface area contributed by atoms with Gasteiger partial charge in [-0.15, -0.1) is 0 Å². The first-order valence-electron chi connectivity index (χ1n) is 10.3. The Balaban J connectivity index is 1.40. The number of carbonyl (C=O) groups is 1. The van der Waals surface area contributed by atoms with Crippen LogP contribution in [0.25, 0.3) is 0 Å². The molecule has 2 heterocycles. The molecule has 1 fully saturated rings. The molecule has 1 saturated heterocycles. The quantitative estimate of drug-likeness (QED) is 0.598. The molecule has 0 saturated carbocycles. The van der Waals surface area contributed by atoms with Gasteiger partial charge in [-0.1, -0.05) is 48.5 Å². The summed E-state index contributed by atoms with van der Waals surface area (Å²) in [6, 6.07) is 20.8. The number of nitriles is 1. The van der Waals surface area contributed by atoms with E-state index in [0.717, 1.165) is 44.7 Å². The molecule has 0 spiro atoms. The Morgan fingerprint density at radius 3 is 2.45 bits per heavy atom. The van der Waals surface area contributed by atoms with Crippen molar-refractivity contribution in [3.63, 3.8) is 0 Å². The van der Waals surface area contributed by atoms with Crippen LogP contribution in [0.5, 0.6) is 0 Å². The molecular weight excluding hydrogens is 360 g/mol. The Morgan fingerprint density at radius 2 is 1.69 bits per heavy atom. The van der Waals surface area contributed by atoms with E-state index in [1.807, 2.05) is 23.1 Å². The van der Waals surface area contributed by atoms with E-state index in [4.69, 9.17) is 0 Å². The molecule has 5 nitrogen and oxygen atoms in total. The fourth-order valence-corrected chi connectivity index (χ4v) is 4.11. The number of amides is 1. The minimum absolute atomic E-state index is 0.157. The first-order chi connectivity index (χ1) is 14.2. The summed E-state index contributed by atoms with van der Waals surface area (Å²) in [6.45, 7) is 4.69. The monoisotopic (exact) mass is 386 g/mol. The molecule has 0 bridgehead atoms. The highest BCUT2D eigenvalue weighted by Gasteiger charge is 2.25. The van der Waals surface area contributed by atoms with Gasteiger partial charge in [0.2, 0.25) is 0 Å². The number of para-hydroxylation sites is 1. The van der Waals surface area contributed by atoms with Crippen LogP contribution in [0.2, 0.25) is 0 Å². The van der Waals surface area contributed by atoms with Crippen LogP contribution in [0.3, 0.4) is 0 Å². The Bertz CT molecular complexity index is 923. The maximum atomic E-state index is 13.0. The molecular formula is C24H26N4O. The number of nitrogens with zero attached hydrogens (tertiary/aromatic N) is 4. The second-order valence-electron chi connectivity index (χ2n) is 7.63. The van der Waals surface area contributed by atoms with Gasteiger partial charge in [-0.2, -0.15) is 5.26 Å². The highest BCUT2D eigenvalue weighted by atomic mass is 16.2. The number of hydrogen-bond acceptors (Lipinski definition) is 4. The van der Waals surface area contributed by atoms with Crippen molar-refractivity contribution in [2.24, 2.45) is 0 Å². The fourth-order valence-electron chi connectivity index (χ4n) is 4.11. The zero-order valence-electron chi connectivity index (χ0n) is 16.6. The van der Waals surface area contributed by atoms with Crippen molar-refractivity contribution < 1.29 is 4.79 Å². The van der Waals surface area contributed by atoms with E-state index in [-0.39, 0.29) is 11.5 Å². The third-order valence-corrected chi connectivity index (χ3v) is 5.69. The van der Waals surface area contributed by atoms with E-state index in [1.54, 1.807) is 6.20 Å². The standard InChI is InChI=1S/C24H26N4O/c25-17-22(19-28-12-6-10-21-9-4-5-11-23(21)28)24(29)27-15-13-26(14-16-27)18-20-7-2-1-3-8-20/h1-5,7-9,11,19H,6,10,12-16,18H2/b22-19-. The van der Waals surface area contributed by atoms with Crippen molar-refractivity contribution >= 4 is 11.6 Å². The SMILES string of the molecule is N#C/C(=C/N1CCCc2ccccc21)C(=O)N1CCN(Cc2ccccc2)CC1. The van der Waals surface area contributed by atoms with Crippen molar-refractivity contribution in [1.82, 2.24) is 9.80 Å². The Hall–Kier alpha value is -3.10. The average molecular weight is 386 g/mol. The number of rotatable bonds is 4. The first kappa shape index (κ1) is 19.2. The van der Waals surface area contributed by atoms with Crippen LogP contribution in [-0.2, 0) is 17.8 Å². The lowest BCUT2D eigenvalue weighted by Gasteiger charge is -2.35. The lowest BCUT2D eigenvalue weighted by Crippen LogP contribution is -2.48. The minimum Gasteiger partial charge on any atom is -0.346 e. The predicted molar refractivity (Wildman–Crippen MR) is 114 cm³/mol. The van der Waals surface area contributed by atoms with Crippen LogP contribution in [0.15, 0.2) is 66.4 Å². The van der Waals surface area contributed by atoms with Gasteiger partial charge in [0.05, 0.1) is 0 Å². The van der Waals surface area contributed by atoms with Crippen LogP contribution in [-0.4, -0.2) is 48.4 Å². The number of carbonyl (C=O) groups excluding carboxylic acids is 1. The van der Waals surface area contributed by atoms with Crippen molar-refractivity contribution in [2.45, 2.75) is 19.4 Å². The lowest BCUT2D eigenvalue weighted by molar-refractivity contribution is -0.128. The number of benzene rings is 2. The zero-order valence-corrected chi connectivity index (χ0v) is 16.6. The van der Waals surface area contributed by atoms with E-state index >= 15 is 0 Å². The number of aryl methyl sites for hydroxylation is 1. The summed E-state index contributed by atoms with van der Waals surface area (Å²) in [5, 5.41) is 9.65.